The lowest BCUT2D eigenvalue weighted by Gasteiger charge is -2.35. The Morgan fingerprint density at radius 3 is 2.60 bits per heavy atom. The van der Waals surface area contributed by atoms with E-state index in [2.05, 4.69) is 29.3 Å². The summed E-state index contributed by atoms with van der Waals surface area (Å²) >= 11 is 0. The normalized spacial score (nSPS) is 17.4. The Hall–Kier alpha value is -0.880. The van der Waals surface area contributed by atoms with Crippen LogP contribution in [0, 0.1) is 0 Å². The zero-order chi connectivity index (χ0) is 16.1. The Bertz CT molecular complexity index is 525. The fourth-order valence-corrected chi connectivity index (χ4v) is 3.48. The van der Waals surface area contributed by atoms with Crippen LogP contribution in [0.15, 0.2) is 12.1 Å². The molecule has 3 rings (SSSR count). The minimum Gasteiger partial charge on any atom is -0.493 e. The monoisotopic (exact) mass is 392 g/mol. The third-order valence-electron chi connectivity index (χ3n) is 4.74. The molecule has 1 aromatic carbocycles. The van der Waals surface area contributed by atoms with Crippen LogP contribution in [-0.2, 0) is 0 Å². The molecular formula is C18H30Cl2N2O3. The van der Waals surface area contributed by atoms with E-state index in [0.29, 0.717) is 6.04 Å². The molecule has 1 aromatic rings. The largest absolute Gasteiger partial charge is 0.493 e. The van der Waals surface area contributed by atoms with Crippen molar-refractivity contribution in [1.82, 2.24) is 10.2 Å². The van der Waals surface area contributed by atoms with E-state index in [1.165, 1.54) is 31.2 Å². The van der Waals surface area contributed by atoms with Crippen molar-refractivity contribution in [1.29, 1.82) is 0 Å². The van der Waals surface area contributed by atoms with Crippen molar-refractivity contribution in [2.24, 2.45) is 0 Å². The Kier molecular flexibility index (Phi) is 9.72. The first-order chi connectivity index (χ1) is 11.3. The molecule has 0 unspecified atom stereocenters. The smallest absolute Gasteiger partial charge is 0.231 e. The average Bonchev–Trinajstić information content (AvgIpc) is 3.07. The molecule has 0 saturated carbocycles. The topological polar surface area (TPSA) is 43.0 Å². The Morgan fingerprint density at radius 1 is 1.16 bits per heavy atom. The van der Waals surface area contributed by atoms with E-state index in [-0.39, 0.29) is 31.6 Å². The molecule has 1 atom stereocenters. The zero-order valence-electron chi connectivity index (χ0n) is 15.1. The summed E-state index contributed by atoms with van der Waals surface area (Å²) in [6, 6.07) is 4.70. The minimum atomic E-state index is 0. The number of benzene rings is 1. The molecule has 144 valence electrons. The van der Waals surface area contributed by atoms with Crippen LogP contribution in [0.4, 0.5) is 0 Å². The first kappa shape index (κ1) is 22.2. The van der Waals surface area contributed by atoms with Gasteiger partial charge in [-0.25, -0.2) is 0 Å². The summed E-state index contributed by atoms with van der Waals surface area (Å²) in [4.78, 5) is 2.59. The predicted molar refractivity (Wildman–Crippen MR) is 105 cm³/mol. The second-order valence-electron chi connectivity index (χ2n) is 6.25. The van der Waals surface area contributed by atoms with E-state index < -0.39 is 0 Å². The van der Waals surface area contributed by atoms with Gasteiger partial charge in [0.25, 0.3) is 0 Å². The number of rotatable bonds is 7. The quantitative estimate of drug-likeness (QED) is 0.714. The lowest BCUT2D eigenvalue weighted by Crippen LogP contribution is -2.45. The van der Waals surface area contributed by atoms with Gasteiger partial charge in [-0.1, -0.05) is 26.2 Å². The van der Waals surface area contributed by atoms with E-state index >= 15 is 0 Å². The summed E-state index contributed by atoms with van der Waals surface area (Å²) in [6.07, 6.45) is 4.96. The summed E-state index contributed by atoms with van der Waals surface area (Å²) in [5, 5.41) is 3.44. The van der Waals surface area contributed by atoms with Crippen molar-refractivity contribution in [3.8, 4) is 17.2 Å². The van der Waals surface area contributed by atoms with Crippen LogP contribution in [0.5, 0.6) is 17.2 Å². The van der Waals surface area contributed by atoms with Crippen LogP contribution in [0.1, 0.15) is 44.2 Å². The lowest BCUT2D eigenvalue weighted by atomic mass is 9.97. The molecule has 1 fully saturated rings. The van der Waals surface area contributed by atoms with E-state index in [0.717, 1.165) is 43.4 Å². The number of nitrogens with one attached hydrogen (secondary N) is 1. The highest BCUT2D eigenvalue weighted by atomic mass is 35.5. The highest BCUT2D eigenvalue weighted by Gasteiger charge is 2.26. The summed E-state index contributed by atoms with van der Waals surface area (Å²) < 4.78 is 16.7. The summed E-state index contributed by atoms with van der Waals surface area (Å²) in [5.41, 5.74) is 1.28. The summed E-state index contributed by atoms with van der Waals surface area (Å²) in [7, 11) is 1.69. The number of fused-ring (bicyclic) bond motifs is 1. The molecule has 2 aliphatic heterocycles. The predicted octanol–water partition coefficient (Wildman–Crippen LogP) is 3.79. The van der Waals surface area contributed by atoms with Crippen molar-refractivity contribution >= 4 is 24.8 Å². The maximum atomic E-state index is 5.61. The number of unbranched alkanes of at least 4 members (excludes halogenated alkanes) is 2. The fourth-order valence-electron chi connectivity index (χ4n) is 3.48. The van der Waals surface area contributed by atoms with Gasteiger partial charge in [0.05, 0.1) is 7.11 Å². The molecule has 5 nitrogen and oxygen atoms in total. The van der Waals surface area contributed by atoms with Crippen LogP contribution in [0.25, 0.3) is 0 Å². The van der Waals surface area contributed by atoms with Gasteiger partial charge in [-0.05, 0) is 24.1 Å². The number of methoxy groups -OCH3 is 1. The van der Waals surface area contributed by atoms with Crippen molar-refractivity contribution in [3.63, 3.8) is 0 Å². The van der Waals surface area contributed by atoms with Gasteiger partial charge in [0.2, 0.25) is 12.5 Å². The van der Waals surface area contributed by atoms with Crippen LogP contribution >= 0.6 is 24.8 Å². The number of halogens is 2. The maximum absolute atomic E-state index is 5.61. The van der Waals surface area contributed by atoms with Crippen LogP contribution in [0.3, 0.4) is 0 Å². The number of ether oxygens (including phenoxy) is 3. The number of nitrogens with zero attached hydrogens (tertiary/aromatic N) is 1. The van der Waals surface area contributed by atoms with Gasteiger partial charge in [-0.3, -0.25) is 4.90 Å². The number of hydrogen-bond acceptors (Lipinski definition) is 5. The highest BCUT2D eigenvalue weighted by molar-refractivity contribution is 5.85. The van der Waals surface area contributed by atoms with E-state index in [1.807, 2.05) is 0 Å². The molecular weight excluding hydrogens is 363 g/mol. The summed E-state index contributed by atoms with van der Waals surface area (Å²) in [5.74, 6) is 2.34. The lowest BCUT2D eigenvalue weighted by molar-refractivity contribution is 0.162. The molecule has 0 spiro atoms. The highest BCUT2D eigenvalue weighted by Crippen LogP contribution is 2.44. The van der Waals surface area contributed by atoms with Gasteiger partial charge < -0.3 is 19.5 Å². The molecule has 1 saturated heterocycles. The molecule has 7 heteroatoms. The molecule has 0 amide bonds. The molecule has 25 heavy (non-hydrogen) atoms. The Labute approximate surface area is 163 Å². The molecule has 2 aliphatic rings. The second kappa shape index (κ2) is 11.0. The van der Waals surface area contributed by atoms with E-state index in [1.54, 1.807) is 7.11 Å². The van der Waals surface area contributed by atoms with Gasteiger partial charge in [-0.2, -0.15) is 0 Å². The van der Waals surface area contributed by atoms with Gasteiger partial charge in [0.15, 0.2) is 11.5 Å². The SMILES string of the molecule is CCCCC[C@@H](c1cc(OC)c2c(c1)OCO2)N1CCNCC1.Cl.Cl. The van der Waals surface area contributed by atoms with Crippen LogP contribution < -0.4 is 19.5 Å². The molecule has 0 aliphatic carbocycles. The molecule has 0 radical (unpaired) electrons. The zero-order valence-corrected chi connectivity index (χ0v) is 16.7. The van der Waals surface area contributed by atoms with Gasteiger partial charge >= 0.3 is 0 Å². The molecule has 0 bridgehead atoms. The van der Waals surface area contributed by atoms with Crippen LogP contribution in [-0.4, -0.2) is 45.0 Å². The molecule has 0 aromatic heterocycles. The average molecular weight is 393 g/mol. The fraction of sp³-hybridized carbons (Fsp3) is 0.667. The van der Waals surface area contributed by atoms with E-state index in [4.69, 9.17) is 14.2 Å². The van der Waals surface area contributed by atoms with Gasteiger partial charge in [0.1, 0.15) is 0 Å². The minimum absolute atomic E-state index is 0. The van der Waals surface area contributed by atoms with E-state index in [9.17, 15) is 0 Å². The van der Waals surface area contributed by atoms with Crippen molar-refractivity contribution in [2.75, 3.05) is 40.1 Å². The molecule has 2 heterocycles. The Morgan fingerprint density at radius 2 is 1.92 bits per heavy atom. The summed E-state index contributed by atoms with van der Waals surface area (Å²) in [6.45, 7) is 6.84. The Balaban J connectivity index is 0.00000156. The third kappa shape index (κ3) is 5.30. The first-order valence-electron chi connectivity index (χ1n) is 8.75. The van der Waals surface area contributed by atoms with Crippen molar-refractivity contribution < 1.29 is 14.2 Å². The van der Waals surface area contributed by atoms with Gasteiger partial charge in [0, 0.05) is 32.2 Å². The third-order valence-corrected chi connectivity index (χ3v) is 4.74. The number of hydrogen-bond donors (Lipinski definition) is 1. The van der Waals surface area contributed by atoms with Crippen molar-refractivity contribution in [3.05, 3.63) is 17.7 Å². The number of piperazine rings is 1. The van der Waals surface area contributed by atoms with Gasteiger partial charge in [-0.15, -0.1) is 24.8 Å². The van der Waals surface area contributed by atoms with Crippen molar-refractivity contribution in [2.45, 2.75) is 38.6 Å². The second-order valence-corrected chi connectivity index (χ2v) is 6.25. The van der Waals surface area contributed by atoms with Crippen LogP contribution in [0.2, 0.25) is 0 Å². The first-order valence-corrected chi connectivity index (χ1v) is 8.75. The maximum Gasteiger partial charge on any atom is 0.231 e. The standard InChI is InChI=1S/C18H28N2O3.2ClH/c1-3-4-5-6-15(20-9-7-19-8-10-20)14-11-16(21-2)18-17(12-14)22-13-23-18;;/h11-12,15,19H,3-10,13H2,1-2H3;2*1H/t15-;;/m0../s1. The molecule has 1 N–H and O–H groups in total.